The lowest BCUT2D eigenvalue weighted by Gasteiger charge is -2.31. The number of rotatable bonds is 8. The van der Waals surface area contributed by atoms with Crippen molar-refractivity contribution in [2.45, 2.75) is 39.3 Å². The van der Waals surface area contributed by atoms with Gasteiger partial charge >= 0.3 is 6.09 Å². The van der Waals surface area contributed by atoms with Gasteiger partial charge in [0.25, 0.3) is 11.8 Å². The Morgan fingerprint density at radius 3 is 2.33 bits per heavy atom. The van der Waals surface area contributed by atoms with Gasteiger partial charge in [-0.1, -0.05) is 6.07 Å². The van der Waals surface area contributed by atoms with E-state index < -0.39 is 54.0 Å². The molecule has 10 heteroatoms. The number of benzene rings is 1. The number of Topliss-reactive ketones (excluding diaryl/α,β-unsaturated/α-hetero) is 1. The summed E-state index contributed by atoms with van der Waals surface area (Å²) in [5.74, 6) is -2.63. The third kappa shape index (κ3) is 4.14. The zero-order valence-electron chi connectivity index (χ0n) is 17.5. The van der Waals surface area contributed by atoms with Gasteiger partial charge in [0.2, 0.25) is 0 Å². The Balaban J connectivity index is 2.53. The number of carbonyl (C=O) groups excluding carboxylic acids is 4. The lowest BCUT2D eigenvalue weighted by molar-refractivity contribution is -0.148. The van der Waals surface area contributed by atoms with Crippen molar-refractivity contribution >= 4 is 29.4 Å². The summed E-state index contributed by atoms with van der Waals surface area (Å²) in [5, 5.41) is 21.7. The van der Waals surface area contributed by atoms with Crippen LogP contribution in [0.25, 0.3) is 0 Å². The van der Waals surface area contributed by atoms with Crippen LogP contribution in [0.4, 0.5) is 10.5 Å². The number of ether oxygens (including phenoxy) is 2. The van der Waals surface area contributed by atoms with Gasteiger partial charge in [-0.3, -0.25) is 14.4 Å². The number of cyclic esters (lactones) is 1. The van der Waals surface area contributed by atoms with Gasteiger partial charge in [0.1, 0.15) is 5.75 Å². The maximum absolute atomic E-state index is 13.2. The predicted molar refractivity (Wildman–Crippen MR) is 105 cm³/mol. The molecule has 1 atom stereocenters. The molecule has 1 aromatic carbocycles. The van der Waals surface area contributed by atoms with Gasteiger partial charge in [-0.05, 0) is 45.4 Å². The van der Waals surface area contributed by atoms with Crippen LogP contribution in [0.3, 0.4) is 0 Å². The average molecular weight is 422 g/mol. The molecule has 164 valence electrons. The van der Waals surface area contributed by atoms with Crippen molar-refractivity contribution in [1.29, 1.82) is 0 Å². The Kier molecular flexibility index (Phi) is 6.53. The number of aliphatic hydroxyl groups is 2. The van der Waals surface area contributed by atoms with Gasteiger partial charge in [0.05, 0.1) is 31.4 Å². The second-order valence-electron chi connectivity index (χ2n) is 7.89. The topological polar surface area (TPSA) is 142 Å². The molecule has 0 aromatic heterocycles. The molecule has 1 unspecified atom stereocenters. The van der Waals surface area contributed by atoms with Crippen molar-refractivity contribution in [3.05, 3.63) is 23.8 Å². The SMILES string of the molecule is COc1ccc(C)cc1NC(=O)C(C(=O)C(C)(CO)CO)N1C(=O)OC(C)(C)C1=O. The van der Waals surface area contributed by atoms with Gasteiger partial charge in [-0.25, -0.2) is 9.69 Å². The summed E-state index contributed by atoms with van der Waals surface area (Å²) >= 11 is 0. The van der Waals surface area contributed by atoms with Crippen molar-refractivity contribution in [2.24, 2.45) is 5.41 Å². The predicted octanol–water partition coefficient (Wildman–Crippen LogP) is 0.628. The quantitative estimate of drug-likeness (QED) is 0.518. The molecule has 1 aromatic rings. The summed E-state index contributed by atoms with van der Waals surface area (Å²) in [7, 11) is 1.39. The number of anilines is 1. The van der Waals surface area contributed by atoms with E-state index >= 15 is 0 Å². The van der Waals surface area contributed by atoms with E-state index in [9.17, 15) is 29.4 Å². The first-order valence-corrected chi connectivity index (χ1v) is 9.20. The molecule has 0 aliphatic carbocycles. The number of aryl methyl sites for hydroxylation is 1. The third-order valence-corrected chi connectivity index (χ3v) is 4.93. The van der Waals surface area contributed by atoms with Crippen molar-refractivity contribution in [2.75, 3.05) is 25.6 Å². The van der Waals surface area contributed by atoms with Gasteiger partial charge in [0, 0.05) is 0 Å². The molecular weight excluding hydrogens is 396 g/mol. The zero-order valence-corrected chi connectivity index (χ0v) is 17.5. The van der Waals surface area contributed by atoms with E-state index in [2.05, 4.69) is 5.32 Å². The minimum absolute atomic E-state index is 0.217. The summed E-state index contributed by atoms with van der Waals surface area (Å²) in [5.41, 5.74) is -2.37. The van der Waals surface area contributed by atoms with Crippen molar-refractivity contribution in [3.8, 4) is 5.75 Å². The first kappa shape index (κ1) is 23.3. The molecule has 10 nitrogen and oxygen atoms in total. The molecular formula is C20H26N2O8. The van der Waals surface area contributed by atoms with E-state index in [0.717, 1.165) is 5.56 Å². The van der Waals surface area contributed by atoms with Gasteiger partial charge in [-0.2, -0.15) is 0 Å². The highest BCUT2D eigenvalue weighted by Gasteiger charge is 2.56. The Bertz CT molecular complexity index is 876. The summed E-state index contributed by atoms with van der Waals surface area (Å²) in [6.07, 6.45) is -1.17. The number of nitrogens with zero attached hydrogens (tertiary/aromatic N) is 1. The van der Waals surface area contributed by atoms with Gasteiger partial charge in [0.15, 0.2) is 17.4 Å². The molecule has 1 saturated heterocycles. The average Bonchev–Trinajstić information content (AvgIpc) is 2.89. The van der Waals surface area contributed by atoms with Crippen molar-refractivity contribution < 1.29 is 38.9 Å². The molecule has 30 heavy (non-hydrogen) atoms. The highest BCUT2D eigenvalue weighted by atomic mass is 16.6. The third-order valence-electron chi connectivity index (χ3n) is 4.93. The van der Waals surface area contributed by atoms with Crippen LogP contribution in [0.15, 0.2) is 18.2 Å². The number of ketones is 1. The van der Waals surface area contributed by atoms with Crippen LogP contribution in [0, 0.1) is 12.3 Å². The van der Waals surface area contributed by atoms with E-state index in [4.69, 9.17) is 9.47 Å². The smallest absolute Gasteiger partial charge is 0.418 e. The highest BCUT2D eigenvalue weighted by molar-refractivity contribution is 6.19. The molecule has 0 spiro atoms. The second-order valence-corrected chi connectivity index (χ2v) is 7.89. The van der Waals surface area contributed by atoms with Crippen LogP contribution in [-0.2, 0) is 19.1 Å². The molecule has 3 amide bonds. The Hall–Kier alpha value is -2.98. The maximum Gasteiger partial charge on any atom is 0.418 e. The van der Waals surface area contributed by atoms with Crippen LogP contribution in [-0.4, -0.2) is 70.8 Å². The zero-order chi connectivity index (χ0) is 22.9. The lowest BCUT2D eigenvalue weighted by Crippen LogP contribution is -2.58. The molecule has 1 heterocycles. The molecule has 0 radical (unpaired) electrons. The number of amides is 3. The number of nitrogens with one attached hydrogen (secondary N) is 1. The Morgan fingerprint density at radius 1 is 1.27 bits per heavy atom. The number of hydrogen-bond acceptors (Lipinski definition) is 8. The second kappa shape index (κ2) is 8.41. The van der Waals surface area contributed by atoms with Crippen molar-refractivity contribution in [3.63, 3.8) is 0 Å². The number of carbonyl (C=O) groups is 4. The van der Waals surface area contributed by atoms with Crippen LogP contribution in [0.5, 0.6) is 5.75 Å². The molecule has 1 aliphatic heterocycles. The normalized spacial score (nSPS) is 16.8. The first-order chi connectivity index (χ1) is 13.9. The molecule has 2 rings (SSSR count). The Labute approximate surface area is 173 Å². The molecule has 1 aliphatic rings. The number of methoxy groups -OCH3 is 1. The minimum Gasteiger partial charge on any atom is -0.495 e. The fourth-order valence-corrected chi connectivity index (χ4v) is 2.92. The summed E-state index contributed by atoms with van der Waals surface area (Å²) < 4.78 is 10.2. The summed E-state index contributed by atoms with van der Waals surface area (Å²) in [4.78, 5) is 51.8. The van der Waals surface area contributed by atoms with Crippen molar-refractivity contribution in [1.82, 2.24) is 4.90 Å². The van der Waals surface area contributed by atoms with E-state index in [1.807, 2.05) is 0 Å². The van der Waals surface area contributed by atoms with E-state index in [1.54, 1.807) is 25.1 Å². The largest absolute Gasteiger partial charge is 0.495 e. The van der Waals surface area contributed by atoms with Crippen LogP contribution in [0.1, 0.15) is 26.3 Å². The van der Waals surface area contributed by atoms with E-state index in [-0.39, 0.29) is 5.69 Å². The van der Waals surface area contributed by atoms with Gasteiger partial charge in [-0.15, -0.1) is 0 Å². The van der Waals surface area contributed by atoms with E-state index in [1.165, 1.54) is 27.9 Å². The molecule has 1 fully saturated rings. The van der Waals surface area contributed by atoms with Crippen LogP contribution in [0.2, 0.25) is 0 Å². The molecule has 3 N–H and O–H groups in total. The number of aliphatic hydroxyl groups excluding tert-OH is 2. The maximum atomic E-state index is 13.2. The van der Waals surface area contributed by atoms with Crippen LogP contribution >= 0.6 is 0 Å². The fraction of sp³-hybridized carbons (Fsp3) is 0.500. The standard InChI is InChI=1S/C20H26N2O8/c1-11-6-7-13(29-5)12(8-11)21-16(26)14(15(25)20(4,9-23)10-24)22-17(27)19(2,3)30-18(22)28/h6-8,14,23-24H,9-10H2,1-5H3,(H,21,26). The first-order valence-electron chi connectivity index (χ1n) is 9.20. The lowest BCUT2D eigenvalue weighted by atomic mass is 9.82. The summed E-state index contributed by atoms with van der Waals surface area (Å²) in [6, 6.07) is 2.96. The van der Waals surface area contributed by atoms with Gasteiger partial charge < -0.3 is 25.0 Å². The molecule has 0 bridgehead atoms. The monoisotopic (exact) mass is 422 g/mol. The van der Waals surface area contributed by atoms with Crippen LogP contribution < -0.4 is 10.1 Å². The fourth-order valence-electron chi connectivity index (χ4n) is 2.92. The van der Waals surface area contributed by atoms with E-state index in [0.29, 0.717) is 10.6 Å². The number of imide groups is 1. The minimum atomic E-state index is -1.97. The summed E-state index contributed by atoms with van der Waals surface area (Å²) in [6.45, 7) is 4.04. The highest BCUT2D eigenvalue weighted by Crippen LogP contribution is 2.31. The molecule has 0 saturated carbocycles. The Morgan fingerprint density at radius 2 is 1.87 bits per heavy atom. The number of hydrogen-bond donors (Lipinski definition) is 3.